The SMILES string of the molecule is CNc1nnc(-c2c(F)cccc2F)c(C)c1C. The lowest BCUT2D eigenvalue weighted by molar-refractivity contribution is 0.588. The first-order chi connectivity index (χ1) is 8.56. The number of nitrogens with one attached hydrogen (secondary N) is 1. The molecule has 0 saturated heterocycles. The molecule has 5 heteroatoms. The molecule has 1 heterocycles. The van der Waals surface area contributed by atoms with Gasteiger partial charge in [-0.05, 0) is 37.1 Å². The van der Waals surface area contributed by atoms with Gasteiger partial charge in [-0.25, -0.2) is 8.78 Å². The van der Waals surface area contributed by atoms with Gasteiger partial charge in [0.05, 0.1) is 5.56 Å². The van der Waals surface area contributed by atoms with E-state index in [2.05, 4.69) is 15.5 Å². The minimum Gasteiger partial charge on any atom is -0.371 e. The van der Waals surface area contributed by atoms with E-state index in [1.54, 1.807) is 14.0 Å². The molecule has 18 heavy (non-hydrogen) atoms. The molecule has 0 unspecified atom stereocenters. The minimum atomic E-state index is -0.635. The van der Waals surface area contributed by atoms with Crippen LogP contribution in [-0.4, -0.2) is 17.2 Å². The van der Waals surface area contributed by atoms with Crippen molar-refractivity contribution in [1.29, 1.82) is 0 Å². The average molecular weight is 249 g/mol. The highest BCUT2D eigenvalue weighted by Crippen LogP contribution is 2.29. The van der Waals surface area contributed by atoms with Crippen molar-refractivity contribution >= 4 is 5.82 Å². The monoisotopic (exact) mass is 249 g/mol. The molecule has 0 bridgehead atoms. The Bertz CT molecular complexity index is 577. The molecule has 0 saturated carbocycles. The second-order valence-corrected chi connectivity index (χ2v) is 3.99. The molecule has 2 aromatic rings. The van der Waals surface area contributed by atoms with E-state index in [0.29, 0.717) is 11.4 Å². The summed E-state index contributed by atoms with van der Waals surface area (Å²) < 4.78 is 27.4. The van der Waals surface area contributed by atoms with E-state index in [1.165, 1.54) is 18.2 Å². The van der Waals surface area contributed by atoms with Gasteiger partial charge in [0.1, 0.15) is 17.3 Å². The molecular weight excluding hydrogens is 236 g/mol. The van der Waals surface area contributed by atoms with E-state index in [-0.39, 0.29) is 11.3 Å². The lowest BCUT2D eigenvalue weighted by atomic mass is 10.0. The highest BCUT2D eigenvalue weighted by atomic mass is 19.1. The third-order valence-corrected chi connectivity index (χ3v) is 2.96. The van der Waals surface area contributed by atoms with Crippen LogP contribution in [0.3, 0.4) is 0 Å². The van der Waals surface area contributed by atoms with Gasteiger partial charge in [0.15, 0.2) is 5.82 Å². The van der Waals surface area contributed by atoms with Crippen molar-refractivity contribution in [2.75, 3.05) is 12.4 Å². The molecule has 0 fully saturated rings. The van der Waals surface area contributed by atoms with E-state index < -0.39 is 11.6 Å². The summed E-state index contributed by atoms with van der Waals surface area (Å²) >= 11 is 0. The predicted octanol–water partition coefficient (Wildman–Crippen LogP) is 3.08. The van der Waals surface area contributed by atoms with Crippen molar-refractivity contribution in [2.24, 2.45) is 0 Å². The fraction of sp³-hybridized carbons (Fsp3) is 0.231. The van der Waals surface area contributed by atoms with Crippen LogP contribution >= 0.6 is 0 Å². The Kier molecular flexibility index (Phi) is 3.23. The Hall–Kier alpha value is -2.04. The van der Waals surface area contributed by atoms with E-state index in [9.17, 15) is 8.78 Å². The molecule has 94 valence electrons. The highest BCUT2D eigenvalue weighted by Gasteiger charge is 2.17. The molecule has 0 aliphatic heterocycles. The Morgan fingerprint density at radius 1 is 1.00 bits per heavy atom. The summed E-state index contributed by atoms with van der Waals surface area (Å²) in [7, 11) is 1.72. The molecule has 0 aliphatic rings. The first-order valence-electron chi connectivity index (χ1n) is 5.52. The second-order valence-electron chi connectivity index (χ2n) is 3.99. The van der Waals surface area contributed by atoms with Crippen molar-refractivity contribution in [2.45, 2.75) is 13.8 Å². The van der Waals surface area contributed by atoms with Crippen LogP contribution in [0, 0.1) is 25.5 Å². The summed E-state index contributed by atoms with van der Waals surface area (Å²) in [5, 5.41) is 10.7. The van der Waals surface area contributed by atoms with Crippen LogP contribution in [0.15, 0.2) is 18.2 Å². The van der Waals surface area contributed by atoms with Gasteiger partial charge in [-0.15, -0.1) is 10.2 Å². The molecule has 0 aliphatic carbocycles. The van der Waals surface area contributed by atoms with Gasteiger partial charge < -0.3 is 5.32 Å². The number of hydrogen-bond acceptors (Lipinski definition) is 3. The molecule has 0 amide bonds. The van der Waals surface area contributed by atoms with Crippen LogP contribution in [0.2, 0.25) is 0 Å². The Balaban J connectivity index is 2.69. The number of aromatic nitrogens is 2. The molecule has 3 nitrogen and oxygen atoms in total. The first-order valence-corrected chi connectivity index (χ1v) is 5.52. The second kappa shape index (κ2) is 4.68. The normalized spacial score (nSPS) is 10.5. The summed E-state index contributed by atoms with van der Waals surface area (Å²) in [5.41, 5.74) is 1.64. The van der Waals surface area contributed by atoms with Gasteiger partial charge >= 0.3 is 0 Å². The molecule has 0 atom stereocenters. The lowest BCUT2D eigenvalue weighted by Gasteiger charge is -2.11. The number of halogens is 2. The van der Waals surface area contributed by atoms with Crippen LogP contribution in [0.5, 0.6) is 0 Å². The maximum absolute atomic E-state index is 13.7. The van der Waals surface area contributed by atoms with Gasteiger partial charge in [0.2, 0.25) is 0 Å². The Morgan fingerprint density at radius 3 is 2.17 bits per heavy atom. The van der Waals surface area contributed by atoms with Crippen molar-refractivity contribution in [3.05, 3.63) is 41.0 Å². The van der Waals surface area contributed by atoms with E-state index in [1.807, 2.05) is 6.92 Å². The summed E-state index contributed by atoms with van der Waals surface area (Å²) in [5.74, 6) is -0.666. The van der Waals surface area contributed by atoms with Crippen LogP contribution in [-0.2, 0) is 0 Å². The molecule has 0 radical (unpaired) electrons. The van der Waals surface area contributed by atoms with Crippen LogP contribution in [0.25, 0.3) is 11.3 Å². The Labute approximate surface area is 104 Å². The molecule has 1 aromatic heterocycles. The topological polar surface area (TPSA) is 37.8 Å². The van der Waals surface area contributed by atoms with Gasteiger partial charge in [-0.3, -0.25) is 0 Å². The Morgan fingerprint density at radius 2 is 1.61 bits per heavy atom. The fourth-order valence-electron chi connectivity index (χ4n) is 1.80. The third-order valence-electron chi connectivity index (χ3n) is 2.96. The van der Waals surface area contributed by atoms with Crippen molar-refractivity contribution < 1.29 is 8.78 Å². The van der Waals surface area contributed by atoms with Crippen molar-refractivity contribution in [3.8, 4) is 11.3 Å². The summed E-state index contributed by atoms with van der Waals surface area (Å²) in [6.07, 6.45) is 0. The maximum Gasteiger partial charge on any atom is 0.151 e. The minimum absolute atomic E-state index is 0.131. The number of hydrogen-bond donors (Lipinski definition) is 1. The molecule has 0 spiro atoms. The van der Waals surface area contributed by atoms with Crippen LogP contribution in [0.4, 0.5) is 14.6 Å². The molecule has 1 aromatic carbocycles. The number of rotatable bonds is 2. The van der Waals surface area contributed by atoms with Crippen molar-refractivity contribution in [3.63, 3.8) is 0 Å². The quantitative estimate of drug-likeness (QED) is 0.888. The third kappa shape index (κ3) is 1.92. The fourth-order valence-corrected chi connectivity index (χ4v) is 1.80. The first kappa shape index (κ1) is 12.4. The van der Waals surface area contributed by atoms with Gasteiger partial charge in [-0.2, -0.15) is 0 Å². The number of nitrogens with zero attached hydrogens (tertiary/aromatic N) is 2. The smallest absolute Gasteiger partial charge is 0.151 e. The van der Waals surface area contributed by atoms with E-state index in [4.69, 9.17) is 0 Å². The largest absolute Gasteiger partial charge is 0.371 e. The summed E-state index contributed by atoms with van der Waals surface area (Å²) in [4.78, 5) is 0. The zero-order chi connectivity index (χ0) is 13.3. The molecule has 2 rings (SSSR count). The van der Waals surface area contributed by atoms with Crippen LogP contribution in [0.1, 0.15) is 11.1 Å². The highest BCUT2D eigenvalue weighted by molar-refractivity contribution is 5.67. The summed E-state index contributed by atoms with van der Waals surface area (Å²) in [6, 6.07) is 3.74. The van der Waals surface area contributed by atoms with Gasteiger partial charge in [0, 0.05) is 7.05 Å². The zero-order valence-corrected chi connectivity index (χ0v) is 10.4. The average Bonchev–Trinajstić information content (AvgIpc) is 2.34. The van der Waals surface area contributed by atoms with Crippen molar-refractivity contribution in [1.82, 2.24) is 10.2 Å². The number of benzene rings is 1. The van der Waals surface area contributed by atoms with Crippen LogP contribution < -0.4 is 5.32 Å². The molecule has 1 N–H and O–H groups in total. The lowest BCUT2D eigenvalue weighted by Crippen LogP contribution is -2.04. The standard InChI is InChI=1S/C13H13F2N3/c1-7-8(2)13(16-3)18-17-12(7)11-9(14)5-4-6-10(11)15/h4-6H,1-3H3,(H,16,18). The summed E-state index contributed by atoms with van der Waals surface area (Å²) in [6.45, 7) is 3.60. The maximum atomic E-state index is 13.7. The number of anilines is 1. The van der Waals surface area contributed by atoms with E-state index >= 15 is 0 Å². The zero-order valence-electron chi connectivity index (χ0n) is 10.4. The van der Waals surface area contributed by atoms with Gasteiger partial charge in [0.25, 0.3) is 0 Å². The van der Waals surface area contributed by atoms with Gasteiger partial charge in [-0.1, -0.05) is 6.07 Å². The van der Waals surface area contributed by atoms with E-state index in [0.717, 1.165) is 5.56 Å². The predicted molar refractivity (Wildman–Crippen MR) is 66.4 cm³/mol. The molecular formula is C13H13F2N3.